The average molecular weight is 578 g/mol. The predicted octanol–water partition coefficient (Wildman–Crippen LogP) is 3.65. The summed E-state index contributed by atoms with van der Waals surface area (Å²) in [5, 5.41) is 8.25. The van der Waals surface area contributed by atoms with Crippen molar-refractivity contribution in [1.82, 2.24) is 26.1 Å². The third-order valence-electron chi connectivity index (χ3n) is 7.80. The lowest BCUT2D eigenvalue weighted by Crippen LogP contribution is -2.62. The number of hydrogen-bond donors (Lipinski definition) is 3. The molecular weight excluding hydrogens is 534 g/mol. The zero-order chi connectivity index (χ0) is 30.6. The number of hydrazine groups is 1. The van der Waals surface area contributed by atoms with Gasteiger partial charge in [0.2, 0.25) is 5.91 Å². The Morgan fingerprint density at radius 3 is 2.60 bits per heavy atom. The summed E-state index contributed by atoms with van der Waals surface area (Å²) in [7, 11) is 1.47. The van der Waals surface area contributed by atoms with Crippen LogP contribution in [0.15, 0.2) is 48.7 Å². The van der Waals surface area contributed by atoms with Gasteiger partial charge in [0.15, 0.2) is 6.10 Å². The number of amides is 3. The van der Waals surface area contributed by atoms with Crippen LogP contribution in [-0.4, -0.2) is 66.2 Å². The molecule has 0 saturated carbocycles. The van der Waals surface area contributed by atoms with Gasteiger partial charge >= 0.3 is 0 Å². The number of hydrogen-bond acceptors (Lipinski definition) is 7. The van der Waals surface area contributed by atoms with Gasteiger partial charge < -0.3 is 20.1 Å². The SMILES string of the molecule is C=C1O[C@@H](C(C)C)C(=O)N[C@H](COC)C(=O)N2CCC[C@H](N2)C(=O)NC(C)c2ccc3ccc(cc3n2)/C=C/C1(C)C. The Bertz CT molecular complexity index is 1370. The highest BCUT2D eigenvalue weighted by molar-refractivity contribution is 5.90. The number of carbonyl (C=O) groups excluding carboxylic acids is 3. The van der Waals surface area contributed by atoms with Crippen molar-refractivity contribution >= 4 is 34.7 Å². The van der Waals surface area contributed by atoms with E-state index in [0.717, 1.165) is 22.2 Å². The first-order valence-electron chi connectivity index (χ1n) is 14.5. The lowest BCUT2D eigenvalue weighted by molar-refractivity contribution is -0.147. The summed E-state index contributed by atoms with van der Waals surface area (Å²) in [6, 6.07) is 7.98. The summed E-state index contributed by atoms with van der Waals surface area (Å²) >= 11 is 0. The van der Waals surface area contributed by atoms with Crippen LogP contribution in [0, 0.1) is 11.3 Å². The fourth-order valence-electron chi connectivity index (χ4n) is 5.00. The minimum absolute atomic E-state index is 0.0384. The van der Waals surface area contributed by atoms with E-state index in [9.17, 15) is 14.4 Å². The zero-order valence-electron chi connectivity index (χ0n) is 25.4. The Morgan fingerprint density at radius 1 is 1.14 bits per heavy atom. The topological polar surface area (TPSA) is 122 Å². The number of allylic oxidation sites excluding steroid dienone is 1. The van der Waals surface area contributed by atoms with E-state index in [1.807, 2.05) is 77.1 Å². The van der Waals surface area contributed by atoms with Crippen LogP contribution < -0.4 is 16.1 Å². The molecule has 2 aliphatic heterocycles. The number of methoxy groups -OCH3 is 1. The molecule has 2 aromatic rings. The van der Waals surface area contributed by atoms with E-state index in [1.54, 1.807) is 0 Å². The van der Waals surface area contributed by atoms with Crippen molar-refractivity contribution in [2.45, 2.75) is 71.7 Å². The summed E-state index contributed by atoms with van der Waals surface area (Å²) < 4.78 is 11.5. The van der Waals surface area contributed by atoms with E-state index in [4.69, 9.17) is 14.5 Å². The van der Waals surface area contributed by atoms with E-state index in [2.05, 4.69) is 22.6 Å². The highest BCUT2D eigenvalue weighted by Crippen LogP contribution is 2.31. The van der Waals surface area contributed by atoms with Gasteiger partial charge in [-0.1, -0.05) is 50.8 Å². The Kier molecular flexibility index (Phi) is 9.68. The van der Waals surface area contributed by atoms with Crippen LogP contribution in [0.3, 0.4) is 0 Å². The highest BCUT2D eigenvalue weighted by atomic mass is 16.5. The molecule has 10 heteroatoms. The number of pyridine rings is 1. The number of rotatable bonds is 3. The van der Waals surface area contributed by atoms with Gasteiger partial charge in [-0.3, -0.25) is 24.4 Å². The number of aromatic nitrogens is 1. The minimum Gasteiger partial charge on any atom is -0.484 e. The molecule has 1 unspecified atom stereocenters. The van der Waals surface area contributed by atoms with Gasteiger partial charge in [-0.25, -0.2) is 5.43 Å². The number of fused-ring (bicyclic) bond motifs is 4. The molecule has 10 nitrogen and oxygen atoms in total. The summed E-state index contributed by atoms with van der Waals surface area (Å²) in [4.78, 5) is 45.1. The van der Waals surface area contributed by atoms with Gasteiger partial charge in [-0.2, -0.15) is 0 Å². The molecule has 3 N–H and O–H groups in total. The fourth-order valence-corrected chi connectivity index (χ4v) is 5.00. The largest absolute Gasteiger partial charge is 0.484 e. The van der Waals surface area contributed by atoms with Crippen molar-refractivity contribution in [3.05, 3.63) is 60.0 Å². The first-order chi connectivity index (χ1) is 19.9. The Labute approximate surface area is 247 Å². The first kappa shape index (κ1) is 31.2. The van der Waals surface area contributed by atoms with Crippen molar-refractivity contribution < 1.29 is 23.9 Å². The molecule has 42 heavy (non-hydrogen) atoms. The van der Waals surface area contributed by atoms with Crippen molar-refractivity contribution in [3.63, 3.8) is 0 Å². The molecule has 1 saturated heterocycles. The molecule has 4 rings (SSSR count). The smallest absolute Gasteiger partial charge is 0.262 e. The Morgan fingerprint density at radius 2 is 1.88 bits per heavy atom. The quantitative estimate of drug-likeness (QED) is 0.509. The number of ether oxygens (including phenoxy) is 2. The second kappa shape index (κ2) is 13.0. The molecule has 0 aliphatic carbocycles. The average Bonchev–Trinajstić information content (AvgIpc) is 2.96. The second-order valence-electron chi connectivity index (χ2n) is 12.0. The van der Waals surface area contributed by atoms with Crippen LogP contribution in [0.5, 0.6) is 0 Å². The Balaban J connectivity index is 1.72. The van der Waals surface area contributed by atoms with Crippen LogP contribution in [0.2, 0.25) is 0 Å². The van der Waals surface area contributed by atoms with Crippen molar-refractivity contribution in [2.24, 2.45) is 11.3 Å². The van der Waals surface area contributed by atoms with Crippen LogP contribution in [0.25, 0.3) is 17.0 Å². The second-order valence-corrected chi connectivity index (χ2v) is 12.0. The molecule has 1 aromatic carbocycles. The van der Waals surface area contributed by atoms with Crippen LogP contribution in [0.4, 0.5) is 0 Å². The van der Waals surface area contributed by atoms with Crippen LogP contribution in [0.1, 0.15) is 64.8 Å². The first-order valence-corrected chi connectivity index (χ1v) is 14.5. The molecule has 1 aromatic heterocycles. The third kappa shape index (κ3) is 7.17. The molecule has 226 valence electrons. The zero-order valence-corrected chi connectivity index (χ0v) is 25.4. The van der Waals surface area contributed by atoms with E-state index in [1.165, 1.54) is 12.1 Å². The lowest BCUT2D eigenvalue weighted by atomic mass is 9.89. The van der Waals surface area contributed by atoms with Gasteiger partial charge in [-0.15, -0.1) is 0 Å². The molecular formula is C32H43N5O5. The van der Waals surface area contributed by atoms with Crippen molar-refractivity contribution in [3.8, 4) is 0 Å². The summed E-state index contributed by atoms with van der Waals surface area (Å²) in [6.45, 7) is 14.1. The summed E-state index contributed by atoms with van der Waals surface area (Å²) in [5.74, 6) is -0.842. The maximum absolute atomic E-state index is 13.6. The molecule has 2 aliphatic rings. The van der Waals surface area contributed by atoms with Gasteiger partial charge in [0, 0.05) is 24.5 Å². The molecule has 5 bridgehead atoms. The Hall–Kier alpha value is -3.76. The molecule has 1 fully saturated rings. The number of carbonyl (C=O) groups is 3. The van der Waals surface area contributed by atoms with Gasteiger partial charge in [0.05, 0.1) is 29.6 Å². The van der Waals surface area contributed by atoms with Crippen LogP contribution in [-0.2, 0) is 23.9 Å². The maximum atomic E-state index is 13.6. The number of nitrogens with one attached hydrogen (secondary N) is 3. The van der Waals surface area contributed by atoms with Crippen molar-refractivity contribution in [1.29, 1.82) is 0 Å². The standard InChI is InChI=1S/C32H43N5O5/c1-19(2)28-30(39)35-27(18-41-7)31(40)37-16-8-9-25(36-37)29(38)33-20(3)24-13-12-23-11-10-22(17-26(23)34-24)14-15-32(5,6)21(4)42-28/h10-15,17,19-20,25,27-28,36H,4,8-9,16,18H2,1-3,5-7H3,(H,33,38)(H,35,39)/b15-14+/t20?,25-,27+,28-/m0/s1. The van der Waals surface area contributed by atoms with Gasteiger partial charge in [-0.05, 0) is 57.2 Å². The van der Waals surface area contributed by atoms with E-state index < -0.39 is 35.4 Å². The highest BCUT2D eigenvalue weighted by Gasteiger charge is 2.36. The molecule has 3 heterocycles. The van der Waals surface area contributed by atoms with E-state index in [0.29, 0.717) is 25.1 Å². The minimum atomic E-state index is -0.974. The molecule has 0 radical (unpaired) electrons. The summed E-state index contributed by atoms with van der Waals surface area (Å²) in [6.07, 6.45) is 4.26. The number of benzene rings is 1. The normalized spacial score (nSPS) is 26.5. The lowest BCUT2D eigenvalue weighted by Gasteiger charge is -2.36. The molecule has 4 atom stereocenters. The van der Waals surface area contributed by atoms with Gasteiger partial charge in [0.25, 0.3) is 11.8 Å². The molecule has 0 spiro atoms. The van der Waals surface area contributed by atoms with E-state index in [-0.39, 0.29) is 24.5 Å². The fraction of sp³-hybridized carbons (Fsp3) is 0.500. The van der Waals surface area contributed by atoms with Crippen LogP contribution >= 0.6 is 0 Å². The maximum Gasteiger partial charge on any atom is 0.262 e. The summed E-state index contributed by atoms with van der Waals surface area (Å²) in [5.41, 5.74) is 4.94. The van der Waals surface area contributed by atoms with Gasteiger partial charge in [0.1, 0.15) is 12.1 Å². The molecule has 3 amide bonds. The predicted molar refractivity (Wildman–Crippen MR) is 162 cm³/mol. The monoisotopic (exact) mass is 577 g/mol. The third-order valence-corrected chi connectivity index (χ3v) is 7.80. The number of nitrogens with zero attached hydrogens (tertiary/aromatic N) is 2. The van der Waals surface area contributed by atoms with E-state index >= 15 is 0 Å². The van der Waals surface area contributed by atoms with Crippen molar-refractivity contribution in [2.75, 3.05) is 20.3 Å².